The van der Waals surface area contributed by atoms with Crippen LogP contribution in [-0.4, -0.2) is 36.4 Å². The molecule has 0 aliphatic carbocycles. The van der Waals surface area contributed by atoms with Crippen LogP contribution in [0, 0.1) is 0 Å². The van der Waals surface area contributed by atoms with Gasteiger partial charge in [-0.05, 0) is 13.0 Å². The molecule has 1 aromatic rings. The third-order valence-corrected chi connectivity index (χ3v) is 3.01. The highest BCUT2D eigenvalue weighted by Gasteiger charge is 2.20. The molecule has 5 heteroatoms. The summed E-state index contributed by atoms with van der Waals surface area (Å²) in [7, 11) is 2.08. The van der Waals surface area contributed by atoms with Crippen LogP contribution >= 0.6 is 11.3 Å². The Morgan fingerprint density at radius 1 is 1.75 bits per heavy atom. The van der Waals surface area contributed by atoms with Crippen LogP contribution in [0.25, 0.3) is 0 Å². The van der Waals surface area contributed by atoms with Crippen LogP contribution < -0.4 is 10.2 Å². The molecule has 1 N–H and O–H groups in total. The molecule has 2 rings (SSSR count). The van der Waals surface area contributed by atoms with Crippen molar-refractivity contribution in [3.8, 4) is 0 Å². The molecule has 1 unspecified atom stereocenters. The Hall–Kier alpha value is -0.680. The monoisotopic (exact) mass is 184 g/mol. The molecule has 0 spiro atoms. The smallest absolute Gasteiger partial charge is 0.208 e. The predicted octanol–water partition coefficient (Wildman–Crippen LogP) is 0.336. The molecule has 1 saturated heterocycles. The molecule has 0 saturated carbocycles. The summed E-state index contributed by atoms with van der Waals surface area (Å²) >= 11 is 1.59. The van der Waals surface area contributed by atoms with Crippen LogP contribution in [-0.2, 0) is 0 Å². The van der Waals surface area contributed by atoms with Crippen LogP contribution in [0.1, 0.15) is 6.42 Å². The zero-order valence-electron chi connectivity index (χ0n) is 7.03. The zero-order valence-corrected chi connectivity index (χ0v) is 7.84. The lowest BCUT2D eigenvalue weighted by molar-refractivity contribution is 0.680. The Labute approximate surface area is 75.6 Å². The maximum absolute atomic E-state index is 4.03. The number of hydrogen-bond donors (Lipinski definition) is 1. The van der Waals surface area contributed by atoms with Crippen molar-refractivity contribution < 1.29 is 0 Å². The van der Waals surface area contributed by atoms with Crippen LogP contribution in [0.2, 0.25) is 0 Å². The van der Waals surface area contributed by atoms with Crippen molar-refractivity contribution in [2.75, 3.05) is 25.0 Å². The normalized spacial score (nSPS) is 22.9. The lowest BCUT2D eigenvalue weighted by atomic mass is 10.2. The minimum atomic E-state index is 0.595. The molecule has 1 aliphatic rings. The van der Waals surface area contributed by atoms with Crippen molar-refractivity contribution >= 4 is 16.5 Å². The van der Waals surface area contributed by atoms with Crippen molar-refractivity contribution in [3.05, 3.63) is 5.51 Å². The second kappa shape index (κ2) is 3.37. The standard InChI is InChI=1S/C7H12N4S/c1-11(6-2-3-8-4-6)7-10-9-5-12-7/h5-6,8H,2-4H2,1H3. The summed E-state index contributed by atoms with van der Waals surface area (Å²) in [6, 6.07) is 0.595. The minimum Gasteiger partial charge on any atom is -0.345 e. The van der Waals surface area contributed by atoms with Gasteiger partial charge in [-0.15, -0.1) is 10.2 Å². The van der Waals surface area contributed by atoms with Gasteiger partial charge in [0.1, 0.15) is 5.51 Å². The molecule has 12 heavy (non-hydrogen) atoms. The maximum Gasteiger partial charge on any atom is 0.208 e. The minimum absolute atomic E-state index is 0.595. The number of hydrogen-bond acceptors (Lipinski definition) is 5. The van der Waals surface area contributed by atoms with E-state index in [0.717, 1.165) is 18.2 Å². The second-order valence-corrected chi connectivity index (χ2v) is 3.79. The fourth-order valence-electron chi connectivity index (χ4n) is 1.45. The molecule has 2 heterocycles. The Bertz CT molecular complexity index is 230. The summed E-state index contributed by atoms with van der Waals surface area (Å²) in [6.45, 7) is 2.18. The van der Waals surface area contributed by atoms with Gasteiger partial charge < -0.3 is 10.2 Å². The molecule has 66 valence electrons. The van der Waals surface area contributed by atoms with Gasteiger partial charge in [0.2, 0.25) is 5.13 Å². The van der Waals surface area contributed by atoms with E-state index in [1.165, 1.54) is 6.42 Å². The molecule has 0 radical (unpaired) electrons. The van der Waals surface area contributed by atoms with Crippen molar-refractivity contribution in [3.63, 3.8) is 0 Å². The SMILES string of the molecule is CN(c1nncs1)C1CCNC1. The van der Waals surface area contributed by atoms with Crippen molar-refractivity contribution in [1.29, 1.82) is 0 Å². The topological polar surface area (TPSA) is 41.1 Å². The van der Waals surface area contributed by atoms with Crippen molar-refractivity contribution in [1.82, 2.24) is 15.5 Å². The number of likely N-dealkylation sites (N-methyl/N-ethyl adjacent to an activating group) is 1. The number of anilines is 1. The first kappa shape index (κ1) is 7.94. The quantitative estimate of drug-likeness (QED) is 0.719. The lowest BCUT2D eigenvalue weighted by Gasteiger charge is -2.21. The van der Waals surface area contributed by atoms with Gasteiger partial charge in [0, 0.05) is 19.6 Å². The first-order valence-corrected chi connectivity index (χ1v) is 4.95. The summed E-state index contributed by atoms with van der Waals surface area (Å²) in [6.07, 6.45) is 1.20. The Kier molecular flexibility index (Phi) is 2.23. The third kappa shape index (κ3) is 1.42. The Morgan fingerprint density at radius 2 is 2.67 bits per heavy atom. The summed E-state index contributed by atoms with van der Waals surface area (Å²) < 4.78 is 0. The summed E-state index contributed by atoms with van der Waals surface area (Å²) in [5.41, 5.74) is 1.77. The molecule has 0 bridgehead atoms. The predicted molar refractivity (Wildman–Crippen MR) is 49.6 cm³/mol. The first-order chi connectivity index (χ1) is 5.88. The average molecular weight is 184 g/mol. The molecule has 0 aromatic carbocycles. The molecule has 1 aromatic heterocycles. The van der Waals surface area contributed by atoms with E-state index in [2.05, 4.69) is 27.5 Å². The average Bonchev–Trinajstić information content (AvgIpc) is 2.77. The van der Waals surface area contributed by atoms with E-state index < -0.39 is 0 Å². The second-order valence-electron chi connectivity index (χ2n) is 2.98. The van der Waals surface area contributed by atoms with Crippen molar-refractivity contribution in [2.24, 2.45) is 0 Å². The van der Waals surface area contributed by atoms with Crippen LogP contribution in [0.15, 0.2) is 5.51 Å². The summed E-state index contributed by atoms with van der Waals surface area (Å²) in [5, 5.41) is 12.2. The molecule has 1 fully saturated rings. The number of nitrogens with zero attached hydrogens (tertiary/aromatic N) is 3. The zero-order chi connectivity index (χ0) is 8.39. The van der Waals surface area contributed by atoms with E-state index in [-0.39, 0.29) is 0 Å². The van der Waals surface area contributed by atoms with Gasteiger partial charge in [-0.1, -0.05) is 11.3 Å². The van der Waals surface area contributed by atoms with E-state index >= 15 is 0 Å². The highest BCUT2D eigenvalue weighted by molar-refractivity contribution is 7.13. The highest BCUT2D eigenvalue weighted by Crippen LogP contribution is 2.18. The van der Waals surface area contributed by atoms with E-state index in [0.29, 0.717) is 6.04 Å². The molecule has 0 amide bonds. The van der Waals surface area contributed by atoms with E-state index in [4.69, 9.17) is 0 Å². The van der Waals surface area contributed by atoms with Gasteiger partial charge >= 0.3 is 0 Å². The van der Waals surface area contributed by atoms with Gasteiger partial charge in [0.15, 0.2) is 0 Å². The Balaban J connectivity index is 2.04. The first-order valence-electron chi connectivity index (χ1n) is 4.07. The van der Waals surface area contributed by atoms with E-state index in [1.54, 1.807) is 16.8 Å². The molecule has 4 nitrogen and oxygen atoms in total. The number of nitrogens with one attached hydrogen (secondary N) is 1. The summed E-state index contributed by atoms with van der Waals surface area (Å²) in [5.74, 6) is 0. The maximum atomic E-state index is 4.03. The van der Waals surface area contributed by atoms with E-state index in [9.17, 15) is 0 Å². The Morgan fingerprint density at radius 3 is 3.25 bits per heavy atom. The number of rotatable bonds is 2. The number of aromatic nitrogens is 2. The largest absolute Gasteiger partial charge is 0.345 e. The van der Waals surface area contributed by atoms with Crippen LogP contribution in [0.3, 0.4) is 0 Å². The molecule has 1 aliphatic heterocycles. The fraction of sp³-hybridized carbons (Fsp3) is 0.714. The van der Waals surface area contributed by atoms with Gasteiger partial charge in [-0.2, -0.15) is 0 Å². The molecule has 1 atom stereocenters. The third-order valence-electron chi connectivity index (χ3n) is 2.23. The van der Waals surface area contributed by atoms with Gasteiger partial charge in [0.25, 0.3) is 0 Å². The lowest BCUT2D eigenvalue weighted by Crippen LogP contribution is -2.33. The molecular formula is C7H12N4S. The molecular weight excluding hydrogens is 172 g/mol. The van der Waals surface area contributed by atoms with Gasteiger partial charge in [-0.25, -0.2) is 0 Å². The van der Waals surface area contributed by atoms with Gasteiger partial charge in [-0.3, -0.25) is 0 Å². The van der Waals surface area contributed by atoms with E-state index in [1.807, 2.05) is 0 Å². The van der Waals surface area contributed by atoms with Crippen molar-refractivity contribution in [2.45, 2.75) is 12.5 Å². The fourth-order valence-corrected chi connectivity index (χ4v) is 2.05. The highest BCUT2D eigenvalue weighted by atomic mass is 32.1. The summed E-state index contributed by atoms with van der Waals surface area (Å²) in [4.78, 5) is 2.21. The van der Waals surface area contributed by atoms with Gasteiger partial charge in [0.05, 0.1) is 0 Å². The van der Waals surface area contributed by atoms with Crippen LogP contribution in [0.5, 0.6) is 0 Å². The van der Waals surface area contributed by atoms with Crippen LogP contribution in [0.4, 0.5) is 5.13 Å².